The second-order valence-corrected chi connectivity index (χ2v) is 8.39. The highest BCUT2D eigenvalue weighted by atomic mass is 32.2. The van der Waals surface area contributed by atoms with E-state index in [0.29, 0.717) is 12.3 Å². The minimum atomic E-state index is -3.56. The van der Waals surface area contributed by atoms with Gasteiger partial charge in [0.1, 0.15) is 5.75 Å². The third-order valence-electron chi connectivity index (χ3n) is 4.74. The molecule has 26 heavy (non-hydrogen) atoms. The van der Waals surface area contributed by atoms with E-state index >= 15 is 0 Å². The Balaban J connectivity index is 1.43. The summed E-state index contributed by atoms with van der Waals surface area (Å²) in [5, 5.41) is 0. The lowest BCUT2D eigenvalue weighted by atomic mass is 10.1. The van der Waals surface area contributed by atoms with Crippen LogP contribution < -0.4 is 4.18 Å². The molecule has 0 aliphatic carbocycles. The van der Waals surface area contributed by atoms with E-state index in [0.717, 1.165) is 32.7 Å². The van der Waals surface area contributed by atoms with Gasteiger partial charge in [-0.15, -0.1) is 0 Å². The van der Waals surface area contributed by atoms with Gasteiger partial charge in [-0.05, 0) is 30.2 Å². The number of hydrogen-bond donors (Lipinski definition) is 0. The van der Waals surface area contributed by atoms with Crippen LogP contribution in [0, 0.1) is 6.92 Å². The smallest absolute Gasteiger partial charge is 0.310 e. The number of aryl methyl sites for hydroxylation is 1. The molecule has 2 aromatic carbocycles. The van der Waals surface area contributed by atoms with E-state index in [2.05, 4.69) is 41.0 Å². The maximum atomic E-state index is 12.1. The zero-order valence-corrected chi connectivity index (χ0v) is 16.0. The molecule has 140 valence electrons. The van der Waals surface area contributed by atoms with Crippen LogP contribution in [0.3, 0.4) is 0 Å². The molecule has 1 aliphatic rings. The molecule has 1 fully saturated rings. The van der Waals surface area contributed by atoms with Crippen molar-refractivity contribution >= 4 is 10.1 Å². The molecule has 5 nitrogen and oxygen atoms in total. The maximum absolute atomic E-state index is 12.1. The van der Waals surface area contributed by atoms with Crippen molar-refractivity contribution in [1.82, 2.24) is 9.80 Å². The summed E-state index contributed by atoms with van der Waals surface area (Å²) in [4.78, 5) is 4.62. The SMILES string of the molecule is Cc1ccccc1CN1CCN(CCS(=O)(=O)Oc2ccccc2)CC1. The fourth-order valence-corrected chi connectivity index (χ4v) is 4.07. The van der Waals surface area contributed by atoms with Gasteiger partial charge in [0, 0.05) is 39.3 Å². The lowest BCUT2D eigenvalue weighted by molar-refractivity contribution is 0.132. The average Bonchev–Trinajstić information content (AvgIpc) is 2.64. The molecule has 0 amide bonds. The summed E-state index contributed by atoms with van der Waals surface area (Å²) >= 11 is 0. The molecule has 1 heterocycles. The Morgan fingerprint density at radius 2 is 1.50 bits per heavy atom. The zero-order valence-electron chi connectivity index (χ0n) is 15.2. The standard InChI is InChI=1S/C20H26N2O3S/c1-18-7-5-6-8-19(18)17-22-13-11-21(12-14-22)15-16-26(23,24)25-20-9-3-2-4-10-20/h2-10H,11-17H2,1H3. The first-order chi connectivity index (χ1) is 12.5. The van der Waals surface area contributed by atoms with Crippen LogP contribution >= 0.6 is 0 Å². The molecule has 2 aromatic rings. The highest BCUT2D eigenvalue weighted by Crippen LogP contribution is 2.14. The van der Waals surface area contributed by atoms with Gasteiger partial charge in [-0.3, -0.25) is 9.80 Å². The van der Waals surface area contributed by atoms with E-state index in [1.54, 1.807) is 24.3 Å². The molecule has 0 spiro atoms. The molecule has 0 saturated carbocycles. The van der Waals surface area contributed by atoms with E-state index in [1.807, 2.05) is 6.07 Å². The first kappa shape index (κ1) is 18.9. The lowest BCUT2D eigenvalue weighted by Gasteiger charge is -2.34. The summed E-state index contributed by atoms with van der Waals surface area (Å²) in [6, 6.07) is 17.1. The van der Waals surface area contributed by atoms with Crippen LogP contribution in [0.15, 0.2) is 54.6 Å². The number of para-hydroxylation sites is 1. The van der Waals surface area contributed by atoms with Crippen LogP contribution in [-0.2, 0) is 16.7 Å². The summed E-state index contributed by atoms with van der Waals surface area (Å²) in [5.41, 5.74) is 2.68. The molecule has 0 aromatic heterocycles. The quantitative estimate of drug-likeness (QED) is 0.697. The van der Waals surface area contributed by atoms with Crippen molar-refractivity contribution in [3.05, 3.63) is 65.7 Å². The van der Waals surface area contributed by atoms with Gasteiger partial charge in [-0.1, -0.05) is 42.5 Å². The first-order valence-corrected chi connectivity index (χ1v) is 10.6. The zero-order chi connectivity index (χ0) is 18.4. The van der Waals surface area contributed by atoms with E-state index < -0.39 is 10.1 Å². The van der Waals surface area contributed by atoms with Crippen LogP contribution in [0.1, 0.15) is 11.1 Å². The third-order valence-corrected chi connectivity index (χ3v) is 5.87. The lowest BCUT2D eigenvalue weighted by Crippen LogP contribution is -2.47. The fourth-order valence-electron chi connectivity index (χ4n) is 3.10. The van der Waals surface area contributed by atoms with Crippen LogP contribution in [0.25, 0.3) is 0 Å². The molecule has 0 unspecified atom stereocenters. The van der Waals surface area contributed by atoms with Crippen LogP contribution in [0.5, 0.6) is 5.75 Å². The molecule has 1 saturated heterocycles. The van der Waals surface area contributed by atoms with Crippen molar-refractivity contribution in [2.24, 2.45) is 0 Å². The predicted molar refractivity (Wildman–Crippen MR) is 104 cm³/mol. The summed E-state index contributed by atoms with van der Waals surface area (Å²) < 4.78 is 29.4. The van der Waals surface area contributed by atoms with Gasteiger partial charge in [-0.25, -0.2) is 0 Å². The van der Waals surface area contributed by atoms with E-state index in [1.165, 1.54) is 11.1 Å². The van der Waals surface area contributed by atoms with E-state index in [4.69, 9.17) is 4.18 Å². The van der Waals surface area contributed by atoms with Crippen molar-refractivity contribution < 1.29 is 12.6 Å². The fraction of sp³-hybridized carbons (Fsp3) is 0.400. The van der Waals surface area contributed by atoms with Crippen LogP contribution in [-0.4, -0.2) is 56.7 Å². The molecule has 6 heteroatoms. The van der Waals surface area contributed by atoms with Crippen molar-refractivity contribution in [3.63, 3.8) is 0 Å². The molecule has 0 bridgehead atoms. The van der Waals surface area contributed by atoms with E-state index in [9.17, 15) is 8.42 Å². The Morgan fingerprint density at radius 1 is 0.885 bits per heavy atom. The van der Waals surface area contributed by atoms with Crippen molar-refractivity contribution in [2.45, 2.75) is 13.5 Å². The summed E-state index contributed by atoms with van der Waals surface area (Å²) in [5.74, 6) is 0.384. The Kier molecular flexibility index (Phi) is 6.29. The molecule has 0 N–H and O–H groups in total. The van der Waals surface area contributed by atoms with Gasteiger partial charge in [-0.2, -0.15) is 8.42 Å². The number of piperazine rings is 1. The number of hydrogen-bond acceptors (Lipinski definition) is 5. The monoisotopic (exact) mass is 374 g/mol. The minimum absolute atomic E-state index is 0.0136. The highest BCUT2D eigenvalue weighted by Gasteiger charge is 2.20. The molecular weight excluding hydrogens is 348 g/mol. The summed E-state index contributed by atoms with van der Waals surface area (Å²) in [6.45, 7) is 7.27. The topological polar surface area (TPSA) is 49.9 Å². The van der Waals surface area contributed by atoms with Gasteiger partial charge in [0.05, 0.1) is 5.75 Å². The second kappa shape index (κ2) is 8.66. The van der Waals surface area contributed by atoms with Crippen molar-refractivity contribution in [2.75, 3.05) is 38.5 Å². The van der Waals surface area contributed by atoms with Gasteiger partial charge in [0.2, 0.25) is 0 Å². The van der Waals surface area contributed by atoms with Crippen LogP contribution in [0.2, 0.25) is 0 Å². The Morgan fingerprint density at radius 3 is 2.19 bits per heavy atom. The summed E-state index contributed by atoms with van der Waals surface area (Å²) in [7, 11) is -3.56. The Labute approximate surface area is 156 Å². The number of rotatable bonds is 7. The maximum Gasteiger partial charge on any atom is 0.310 e. The number of benzene rings is 2. The largest absolute Gasteiger partial charge is 0.382 e. The summed E-state index contributed by atoms with van der Waals surface area (Å²) in [6.07, 6.45) is 0. The Hall–Kier alpha value is -1.89. The van der Waals surface area contributed by atoms with Crippen LogP contribution in [0.4, 0.5) is 0 Å². The third kappa shape index (κ3) is 5.56. The highest BCUT2D eigenvalue weighted by molar-refractivity contribution is 7.87. The average molecular weight is 375 g/mol. The van der Waals surface area contributed by atoms with Gasteiger partial charge >= 0.3 is 10.1 Å². The van der Waals surface area contributed by atoms with Gasteiger partial charge in [0.15, 0.2) is 0 Å². The minimum Gasteiger partial charge on any atom is -0.382 e. The predicted octanol–water partition coefficient (Wildman–Crippen LogP) is 2.52. The van der Waals surface area contributed by atoms with E-state index in [-0.39, 0.29) is 5.75 Å². The van der Waals surface area contributed by atoms with Gasteiger partial charge < -0.3 is 4.18 Å². The molecule has 0 radical (unpaired) electrons. The van der Waals surface area contributed by atoms with Crippen molar-refractivity contribution in [1.29, 1.82) is 0 Å². The second-order valence-electron chi connectivity index (χ2n) is 6.70. The molecule has 3 rings (SSSR count). The molecule has 0 atom stereocenters. The first-order valence-electron chi connectivity index (χ1n) is 8.98. The van der Waals surface area contributed by atoms with Crippen molar-refractivity contribution in [3.8, 4) is 5.75 Å². The number of nitrogens with zero attached hydrogens (tertiary/aromatic N) is 2. The molecular formula is C20H26N2O3S. The Bertz CT molecular complexity index is 801. The normalized spacial score (nSPS) is 16.5. The van der Waals surface area contributed by atoms with Gasteiger partial charge in [0.25, 0.3) is 0 Å². The molecule has 1 aliphatic heterocycles.